The van der Waals surface area contributed by atoms with Gasteiger partial charge in [-0.3, -0.25) is 0 Å². The van der Waals surface area contributed by atoms with Crippen LogP contribution in [0.2, 0.25) is 0 Å². The summed E-state index contributed by atoms with van der Waals surface area (Å²) in [6, 6.07) is 8.91. The van der Waals surface area contributed by atoms with Crippen LogP contribution in [-0.4, -0.2) is 11.9 Å². The van der Waals surface area contributed by atoms with Gasteiger partial charge in [-0.25, -0.2) is 0 Å². The highest BCUT2D eigenvalue weighted by Crippen LogP contribution is 2.54. The van der Waals surface area contributed by atoms with Crippen LogP contribution in [-0.2, 0) is 5.41 Å². The van der Waals surface area contributed by atoms with Crippen molar-refractivity contribution >= 4 is 23.3 Å². The van der Waals surface area contributed by atoms with Crippen molar-refractivity contribution in [2.45, 2.75) is 39.0 Å². The molecule has 0 spiro atoms. The average molecular weight is 348 g/mol. The van der Waals surface area contributed by atoms with Crippen LogP contribution in [0.4, 0.5) is 5.69 Å². The smallest absolute Gasteiger partial charge is 0.0450 e. The van der Waals surface area contributed by atoms with Gasteiger partial charge >= 0.3 is 0 Å². The Hall–Kier alpha value is -1.93. The van der Waals surface area contributed by atoms with Gasteiger partial charge in [0, 0.05) is 28.7 Å². The molecule has 25 heavy (non-hydrogen) atoms. The van der Waals surface area contributed by atoms with Crippen LogP contribution in [0.25, 0.3) is 0 Å². The molecule has 0 amide bonds. The van der Waals surface area contributed by atoms with Gasteiger partial charge in [-0.2, -0.15) is 0 Å². The molecule has 2 heteroatoms. The van der Waals surface area contributed by atoms with E-state index in [4.69, 9.17) is 12.2 Å². The van der Waals surface area contributed by atoms with Crippen molar-refractivity contribution < 1.29 is 0 Å². The van der Waals surface area contributed by atoms with Crippen molar-refractivity contribution in [1.82, 2.24) is 0 Å². The number of hydrogen-bond donors (Lipinski definition) is 0. The Labute approximate surface area is 156 Å². The van der Waals surface area contributed by atoms with Crippen LogP contribution in [0, 0.1) is 5.92 Å². The molecule has 1 aromatic carbocycles. The van der Waals surface area contributed by atoms with Gasteiger partial charge in [-0.05, 0) is 66.2 Å². The number of rotatable bonds is 2. The minimum atomic E-state index is 0.0630. The number of thiocarbonyl (C=S) groups is 1. The van der Waals surface area contributed by atoms with E-state index in [1.807, 2.05) is 0 Å². The zero-order valence-corrected chi connectivity index (χ0v) is 16.1. The van der Waals surface area contributed by atoms with Crippen molar-refractivity contribution in [2.75, 3.05) is 11.4 Å². The fourth-order valence-corrected chi connectivity index (χ4v) is 4.99. The van der Waals surface area contributed by atoms with Gasteiger partial charge in [0.15, 0.2) is 0 Å². The van der Waals surface area contributed by atoms with Crippen molar-refractivity contribution in [3.8, 4) is 0 Å². The molecule has 2 heterocycles. The van der Waals surface area contributed by atoms with Gasteiger partial charge in [-0.1, -0.05) is 56.4 Å². The standard InChI is InChI=1S/C23H25NS/c1-4-7-16-15-19-18(14-17(16)11-13-25)10-12-24-21-9-6-5-8-20(21)23(2,3)22(19)24/h4-9,11,13,15,18H,10,12,14H2,1-3H3/b7-4-,17-11-. The molecule has 1 aromatic rings. The molecule has 1 aliphatic carbocycles. The number of hydrogen-bond acceptors (Lipinski definition) is 2. The molecule has 0 saturated heterocycles. The topological polar surface area (TPSA) is 3.24 Å². The largest absolute Gasteiger partial charge is 0.344 e. The van der Waals surface area contributed by atoms with Crippen LogP contribution in [0.1, 0.15) is 39.2 Å². The molecule has 1 unspecified atom stereocenters. The van der Waals surface area contributed by atoms with E-state index in [1.165, 1.54) is 40.1 Å². The molecule has 1 nitrogen and oxygen atoms in total. The van der Waals surface area contributed by atoms with Gasteiger partial charge in [0.1, 0.15) is 0 Å². The summed E-state index contributed by atoms with van der Waals surface area (Å²) in [5.41, 5.74) is 8.65. The van der Waals surface area contributed by atoms with E-state index in [2.05, 4.69) is 74.2 Å². The van der Waals surface area contributed by atoms with E-state index >= 15 is 0 Å². The Bertz CT molecular complexity index is 851. The lowest BCUT2D eigenvalue weighted by Gasteiger charge is -2.40. The first-order valence-electron chi connectivity index (χ1n) is 9.18. The lowest BCUT2D eigenvalue weighted by Crippen LogP contribution is -2.36. The van der Waals surface area contributed by atoms with Crippen LogP contribution in [0.15, 0.2) is 71.0 Å². The molecule has 0 aromatic heterocycles. The zero-order chi connectivity index (χ0) is 17.6. The van der Waals surface area contributed by atoms with E-state index in [0.29, 0.717) is 5.92 Å². The van der Waals surface area contributed by atoms with Gasteiger partial charge in [-0.15, -0.1) is 0 Å². The summed E-state index contributed by atoms with van der Waals surface area (Å²) < 4.78 is 0. The maximum Gasteiger partial charge on any atom is 0.0450 e. The molecule has 1 atom stereocenters. The molecular formula is C23H25NS. The predicted molar refractivity (Wildman–Crippen MR) is 111 cm³/mol. The second-order valence-electron chi connectivity index (χ2n) is 7.72. The summed E-state index contributed by atoms with van der Waals surface area (Å²) in [7, 11) is 0. The van der Waals surface area contributed by atoms with E-state index < -0.39 is 0 Å². The number of benzene rings is 1. The Morgan fingerprint density at radius 1 is 1.24 bits per heavy atom. The Morgan fingerprint density at radius 3 is 2.80 bits per heavy atom. The number of fused-ring (bicyclic) bond motifs is 4. The van der Waals surface area contributed by atoms with Crippen molar-refractivity contribution in [3.05, 3.63) is 76.5 Å². The maximum absolute atomic E-state index is 5.10. The summed E-state index contributed by atoms with van der Waals surface area (Å²) in [4.78, 5) is 2.57. The monoisotopic (exact) mass is 347 g/mol. The highest BCUT2D eigenvalue weighted by molar-refractivity contribution is 7.79. The highest BCUT2D eigenvalue weighted by atomic mass is 32.1. The lowest BCUT2D eigenvalue weighted by molar-refractivity contribution is 0.495. The zero-order valence-electron chi connectivity index (χ0n) is 15.3. The number of allylic oxidation sites excluding steroid dienone is 8. The third-order valence-corrected chi connectivity index (χ3v) is 6.04. The molecular weight excluding hydrogens is 322 g/mol. The van der Waals surface area contributed by atoms with E-state index in [9.17, 15) is 0 Å². The molecule has 0 radical (unpaired) electrons. The molecule has 3 aliphatic rings. The van der Waals surface area contributed by atoms with Crippen molar-refractivity contribution in [1.29, 1.82) is 0 Å². The van der Waals surface area contributed by atoms with Gasteiger partial charge in [0.25, 0.3) is 0 Å². The van der Waals surface area contributed by atoms with Crippen LogP contribution < -0.4 is 4.90 Å². The normalized spacial score (nSPS) is 25.7. The summed E-state index contributed by atoms with van der Waals surface area (Å²) in [5.74, 6) is 0.607. The first kappa shape index (κ1) is 16.5. The highest BCUT2D eigenvalue weighted by Gasteiger charge is 2.45. The van der Waals surface area contributed by atoms with Crippen LogP contribution in [0.3, 0.4) is 0 Å². The summed E-state index contributed by atoms with van der Waals surface area (Å²) in [6.45, 7) is 7.95. The SMILES string of the molecule is C/C=C\C1=CC2=C3N(CCC2C/C1=C/C=S)c1ccccc1C3(C)C. The maximum atomic E-state index is 5.10. The predicted octanol–water partition coefficient (Wildman–Crippen LogP) is 5.89. The molecule has 0 N–H and O–H groups in total. The number of para-hydroxylation sites is 1. The fourth-order valence-electron chi connectivity index (χ4n) is 4.83. The van der Waals surface area contributed by atoms with E-state index in [-0.39, 0.29) is 5.41 Å². The Balaban J connectivity index is 1.94. The number of anilines is 1. The summed E-state index contributed by atoms with van der Waals surface area (Å²) in [6.07, 6.45) is 11.2. The Morgan fingerprint density at radius 2 is 2.04 bits per heavy atom. The van der Waals surface area contributed by atoms with Crippen molar-refractivity contribution in [3.63, 3.8) is 0 Å². The third-order valence-electron chi connectivity index (χ3n) is 5.91. The molecule has 128 valence electrons. The van der Waals surface area contributed by atoms with Crippen molar-refractivity contribution in [2.24, 2.45) is 5.92 Å². The second-order valence-corrected chi connectivity index (χ2v) is 7.99. The number of nitrogens with zero attached hydrogens (tertiary/aromatic N) is 1. The first-order valence-corrected chi connectivity index (χ1v) is 9.66. The minimum Gasteiger partial charge on any atom is -0.344 e. The lowest BCUT2D eigenvalue weighted by atomic mass is 9.72. The third kappa shape index (κ3) is 2.46. The molecule has 0 bridgehead atoms. The van der Waals surface area contributed by atoms with E-state index in [1.54, 1.807) is 5.37 Å². The molecule has 4 rings (SSSR count). The summed E-state index contributed by atoms with van der Waals surface area (Å²) >= 11 is 5.10. The second kappa shape index (κ2) is 6.10. The van der Waals surface area contributed by atoms with Gasteiger partial charge in [0.05, 0.1) is 0 Å². The molecule has 2 aliphatic heterocycles. The van der Waals surface area contributed by atoms with Crippen LogP contribution >= 0.6 is 12.2 Å². The average Bonchev–Trinajstić information content (AvgIpc) is 2.84. The Kier molecular flexibility index (Phi) is 4.04. The van der Waals surface area contributed by atoms with E-state index in [0.717, 1.165) is 13.0 Å². The quantitative estimate of drug-likeness (QED) is 0.485. The minimum absolute atomic E-state index is 0.0630. The summed E-state index contributed by atoms with van der Waals surface area (Å²) in [5, 5.41) is 1.76. The molecule has 0 fully saturated rings. The molecule has 0 saturated carbocycles. The van der Waals surface area contributed by atoms with Gasteiger partial charge in [0.2, 0.25) is 0 Å². The van der Waals surface area contributed by atoms with Gasteiger partial charge < -0.3 is 4.90 Å². The first-order chi connectivity index (χ1) is 12.1. The fraction of sp³-hybridized carbons (Fsp3) is 0.348. The van der Waals surface area contributed by atoms with Crippen LogP contribution in [0.5, 0.6) is 0 Å².